The Labute approximate surface area is 149 Å². The minimum absolute atomic E-state index is 0.362. The van der Waals surface area contributed by atoms with Crippen LogP contribution in [0.25, 0.3) is 0 Å². The molecule has 1 aliphatic heterocycles. The summed E-state index contributed by atoms with van der Waals surface area (Å²) in [6, 6.07) is 6.25. The summed E-state index contributed by atoms with van der Waals surface area (Å²) in [6.07, 6.45) is 2.42. The molecule has 0 atom stereocenters. The van der Waals surface area contributed by atoms with E-state index in [-0.39, 0.29) is 0 Å². The molecule has 0 amide bonds. The molecule has 0 spiro atoms. The van der Waals surface area contributed by atoms with E-state index in [2.05, 4.69) is 58.6 Å². The fraction of sp³-hybridized carbons (Fsp3) is 0.579. The van der Waals surface area contributed by atoms with Gasteiger partial charge >= 0.3 is 0 Å². The summed E-state index contributed by atoms with van der Waals surface area (Å²) in [6.45, 7) is 9.42. The summed E-state index contributed by atoms with van der Waals surface area (Å²) in [5.41, 5.74) is 2.33. The smallest absolute Gasteiger partial charge is 0.227 e. The Morgan fingerprint density at radius 1 is 1.16 bits per heavy atom. The van der Waals surface area contributed by atoms with Crippen molar-refractivity contribution >= 4 is 5.95 Å². The largest absolute Gasteiger partial charge is 0.485 e. The minimum Gasteiger partial charge on any atom is -0.485 e. The normalized spacial score (nSPS) is 15.6. The molecule has 0 radical (unpaired) electrons. The van der Waals surface area contributed by atoms with Gasteiger partial charge < -0.3 is 14.4 Å². The van der Waals surface area contributed by atoms with E-state index in [1.54, 1.807) is 7.11 Å². The molecule has 136 valence electrons. The summed E-state index contributed by atoms with van der Waals surface area (Å²) < 4.78 is 13.6. The monoisotopic (exact) mass is 344 g/mol. The Morgan fingerprint density at radius 3 is 2.60 bits per heavy atom. The summed E-state index contributed by atoms with van der Waals surface area (Å²) in [5.74, 6) is 2.72. The van der Waals surface area contributed by atoms with E-state index in [1.807, 2.05) is 0 Å². The number of hydrogen-bond acceptors (Lipinski definition) is 5. The molecule has 1 saturated heterocycles. The van der Waals surface area contributed by atoms with Crippen molar-refractivity contribution in [2.75, 3.05) is 25.1 Å². The summed E-state index contributed by atoms with van der Waals surface area (Å²) >= 11 is 0. The van der Waals surface area contributed by atoms with Crippen molar-refractivity contribution in [1.82, 2.24) is 14.8 Å². The molecule has 3 rings (SSSR count). The second kappa shape index (κ2) is 7.87. The first kappa shape index (κ1) is 17.7. The Kier molecular flexibility index (Phi) is 5.58. The van der Waals surface area contributed by atoms with Crippen LogP contribution in [0.1, 0.15) is 36.7 Å². The van der Waals surface area contributed by atoms with Crippen LogP contribution < -0.4 is 9.64 Å². The number of hydrogen-bond donors (Lipinski definition) is 0. The molecule has 1 aliphatic rings. The number of aromatic nitrogens is 3. The van der Waals surface area contributed by atoms with Gasteiger partial charge in [-0.3, -0.25) is 4.57 Å². The number of nitrogens with zero attached hydrogens (tertiary/aromatic N) is 4. The Hall–Kier alpha value is -2.08. The molecule has 0 N–H and O–H groups in total. The number of rotatable bonds is 6. The predicted octanol–water partition coefficient (Wildman–Crippen LogP) is 3.11. The lowest BCUT2D eigenvalue weighted by atomic mass is 10.1. The summed E-state index contributed by atoms with van der Waals surface area (Å²) in [4.78, 5) is 2.30. The van der Waals surface area contributed by atoms with Gasteiger partial charge in [-0.05, 0) is 50.8 Å². The van der Waals surface area contributed by atoms with E-state index in [1.165, 1.54) is 5.56 Å². The molecule has 1 fully saturated rings. The first-order chi connectivity index (χ1) is 12.1. The number of benzene rings is 1. The number of anilines is 1. The van der Waals surface area contributed by atoms with Crippen molar-refractivity contribution in [1.29, 1.82) is 0 Å². The lowest BCUT2D eigenvalue weighted by Gasteiger charge is -2.31. The highest BCUT2D eigenvalue weighted by molar-refractivity contribution is 5.36. The zero-order valence-corrected chi connectivity index (χ0v) is 15.7. The average molecular weight is 344 g/mol. The third kappa shape index (κ3) is 3.95. The highest BCUT2D eigenvalue weighted by Crippen LogP contribution is 2.23. The molecule has 2 aromatic rings. The van der Waals surface area contributed by atoms with Crippen molar-refractivity contribution < 1.29 is 9.47 Å². The SMILES string of the molecule is CCn1c(COc2cc(C)ccc2C)nnc1N1CCC(OC)CC1. The minimum atomic E-state index is 0.362. The molecule has 1 aromatic carbocycles. The Morgan fingerprint density at radius 2 is 1.92 bits per heavy atom. The van der Waals surface area contributed by atoms with Crippen LogP contribution in [0.2, 0.25) is 0 Å². The molecule has 0 saturated carbocycles. The highest BCUT2D eigenvalue weighted by Gasteiger charge is 2.23. The predicted molar refractivity (Wildman–Crippen MR) is 98.2 cm³/mol. The van der Waals surface area contributed by atoms with Gasteiger partial charge in [0.2, 0.25) is 5.95 Å². The topological polar surface area (TPSA) is 52.4 Å². The van der Waals surface area contributed by atoms with E-state index in [9.17, 15) is 0 Å². The van der Waals surface area contributed by atoms with Crippen LogP contribution in [-0.2, 0) is 17.9 Å². The second-order valence-electron chi connectivity index (χ2n) is 6.64. The van der Waals surface area contributed by atoms with E-state index < -0.39 is 0 Å². The fourth-order valence-electron chi connectivity index (χ4n) is 3.29. The van der Waals surface area contributed by atoms with Crippen LogP contribution in [0.5, 0.6) is 5.75 Å². The van der Waals surface area contributed by atoms with Crippen LogP contribution >= 0.6 is 0 Å². The maximum Gasteiger partial charge on any atom is 0.227 e. The van der Waals surface area contributed by atoms with Gasteiger partial charge in [0, 0.05) is 26.7 Å². The van der Waals surface area contributed by atoms with E-state index in [0.29, 0.717) is 12.7 Å². The van der Waals surface area contributed by atoms with Gasteiger partial charge in [-0.2, -0.15) is 0 Å². The lowest BCUT2D eigenvalue weighted by Crippen LogP contribution is -2.38. The molecule has 1 aromatic heterocycles. The van der Waals surface area contributed by atoms with Crippen LogP contribution in [0.15, 0.2) is 18.2 Å². The maximum absolute atomic E-state index is 6.02. The van der Waals surface area contributed by atoms with Crippen LogP contribution in [0.3, 0.4) is 0 Å². The third-order valence-electron chi connectivity index (χ3n) is 4.88. The number of aryl methyl sites for hydroxylation is 2. The van der Waals surface area contributed by atoms with Gasteiger partial charge in [-0.1, -0.05) is 12.1 Å². The Balaban J connectivity index is 1.71. The number of ether oxygens (including phenoxy) is 2. The summed E-state index contributed by atoms with van der Waals surface area (Å²) in [5, 5.41) is 8.82. The highest BCUT2D eigenvalue weighted by atomic mass is 16.5. The second-order valence-corrected chi connectivity index (χ2v) is 6.64. The summed E-state index contributed by atoms with van der Waals surface area (Å²) in [7, 11) is 1.79. The van der Waals surface area contributed by atoms with E-state index in [4.69, 9.17) is 9.47 Å². The molecule has 6 heteroatoms. The lowest BCUT2D eigenvalue weighted by molar-refractivity contribution is 0.0815. The Bertz CT molecular complexity index is 705. The molecule has 6 nitrogen and oxygen atoms in total. The number of piperidine rings is 1. The van der Waals surface area contributed by atoms with Gasteiger partial charge in [0.1, 0.15) is 12.4 Å². The molecule has 2 heterocycles. The zero-order chi connectivity index (χ0) is 17.8. The van der Waals surface area contributed by atoms with Gasteiger partial charge in [0.25, 0.3) is 0 Å². The molecule has 0 unspecified atom stereocenters. The van der Waals surface area contributed by atoms with Crippen LogP contribution in [0.4, 0.5) is 5.95 Å². The van der Waals surface area contributed by atoms with Gasteiger partial charge in [-0.15, -0.1) is 10.2 Å². The molecule has 0 bridgehead atoms. The van der Waals surface area contributed by atoms with Crippen LogP contribution in [0, 0.1) is 13.8 Å². The van der Waals surface area contributed by atoms with Gasteiger partial charge in [0.15, 0.2) is 5.82 Å². The quantitative estimate of drug-likeness (QED) is 0.806. The van der Waals surface area contributed by atoms with E-state index in [0.717, 1.165) is 55.6 Å². The maximum atomic E-state index is 6.02. The van der Waals surface area contributed by atoms with Gasteiger partial charge in [0.05, 0.1) is 6.10 Å². The average Bonchev–Trinajstić information content (AvgIpc) is 3.05. The van der Waals surface area contributed by atoms with Crippen molar-refractivity contribution in [3.63, 3.8) is 0 Å². The van der Waals surface area contributed by atoms with Crippen molar-refractivity contribution in [3.8, 4) is 5.75 Å². The first-order valence-electron chi connectivity index (χ1n) is 9.02. The van der Waals surface area contributed by atoms with Crippen LogP contribution in [-0.4, -0.2) is 41.1 Å². The zero-order valence-electron chi connectivity index (χ0n) is 15.7. The van der Waals surface area contributed by atoms with Crippen molar-refractivity contribution in [2.45, 2.75) is 52.9 Å². The molecule has 25 heavy (non-hydrogen) atoms. The van der Waals surface area contributed by atoms with Crippen molar-refractivity contribution in [2.24, 2.45) is 0 Å². The first-order valence-corrected chi connectivity index (χ1v) is 9.02. The van der Waals surface area contributed by atoms with E-state index >= 15 is 0 Å². The third-order valence-corrected chi connectivity index (χ3v) is 4.88. The van der Waals surface area contributed by atoms with Gasteiger partial charge in [-0.25, -0.2) is 0 Å². The molecule has 0 aliphatic carbocycles. The molecular weight excluding hydrogens is 316 g/mol. The molecular formula is C19H28N4O2. The van der Waals surface area contributed by atoms with Crippen molar-refractivity contribution in [3.05, 3.63) is 35.2 Å². The fourth-order valence-corrected chi connectivity index (χ4v) is 3.29. The standard InChI is InChI=1S/C19H28N4O2/c1-5-23-18(13-25-17-12-14(2)6-7-15(17)3)20-21-19(23)22-10-8-16(24-4)9-11-22/h6-7,12,16H,5,8-11,13H2,1-4H3. The number of methoxy groups -OCH3 is 1.